The normalized spacial score (nSPS) is 13.3. The zero-order chi connectivity index (χ0) is 24.4. The van der Waals surface area contributed by atoms with Crippen LogP contribution >= 0.6 is 11.6 Å². The Morgan fingerprint density at radius 2 is 1.66 bits per heavy atom. The highest BCUT2D eigenvalue weighted by atomic mass is 35.5. The number of hydrogen-bond acceptors (Lipinski definition) is 4. The maximum absolute atomic E-state index is 12.5. The van der Waals surface area contributed by atoms with Crippen LogP contribution in [-0.2, 0) is 4.79 Å². The predicted octanol–water partition coefficient (Wildman–Crippen LogP) is 6.25. The Bertz CT molecular complexity index is 1480. The SMILES string of the molecule is Cc1c[nH]c(/C=C2\C(=O)Nc3cc(Nc4cccc(NC(=O)Nc5cccc(Cl)c5)c4)ccc32)n1. The molecule has 174 valence electrons. The number of carbonyl (C=O) groups excluding carboxylic acids is 2. The van der Waals surface area contributed by atoms with Crippen LogP contribution in [0.4, 0.5) is 33.2 Å². The summed E-state index contributed by atoms with van der Waals surface area (Å²) < 4.78 is 0. The minimum absolute atomic E-state index is 0.178. The molecule has 0 saturated heterocycles. The fraction of sp³-hybridized carbons (Fsp3) is 0.0385. The van der Waals surface area contributed by atoms with Gasteiger partial charge < -0.3 is 26.3 Å². The second-order valence-corrected chi connectivity index (χ2v) is 8.43. The number of imidazole rings is 1. The van der Waals surface area contributed by atoms with Gasteiger partial charge in [0.25, 0.3) is 5.91 Å². The maximum atomic E-state index is 12.5. The Hall–Kier alpha value is -4.56. The number of carbonyl (C=O) groups is 2. The van der Waals surface area contributed by atoms with Crippen molar-refractivity contribution in [2.24, 2.45) is 0 Å². The Labute approximate surface area is 206 Å². The third-order valence-electron chi connectivity index (χ3n) is 5.30. The van der Waals surface area contributed by atoms with E-state index < -0.39 is 0 Å². The monoisotopic (exact) mass is 484 g/mol. The molecule has 0 aliphatic carbocycles. The second-order valence-electron chi connectivity index (χ2n) is 7.99. The van der Waals surface area contributed by atoms with E-state index in [1.807, 2.05) is 43.3 Å². The largest absolute Gasteiger partial charge is 0.355 e. The van der Waals surface area contributed by atoms with Crippen LogP contribution in [0.1, 0.15) is 17.1 Å². The molecule has 3 amide bonds. The highest BCUT2D eigenvalue weighted by Crippen LogP contribution is 2.35. The van der Waals surface area contributed by atoms with Crippen molar-refractivity contribution in [3.8, 4) is 0 Å². The van der Waals surface area contributed by atoms with Gasteiger partial charge in [-0.1, -0.05) is 29.8 Å². The van der Waals surface area contributed by atoms with Crippen LogP contribution in [0.2, 0.25) is 5.02 Å². The van der Waals surface area contributed by atoms with E-state index in [2.05, 4.69) is 31.2 Å². The average molecular weight is 485 g/mol. The molecule has 1 aliphatic heterocycles. The number of rotatable bonds is 5. The minimum Gasteiger partial charge on any atom is -0.355 e. The van der Waals surface area contributed by atoms with E-state index in [9.17, 15) is 9.59 Å². The van der Waals surface area contributed by atoms with Gasteiger partial charge in [0.05, 0.1) is 17.0 Å². The summed E-state index contributed by atoms with van der Waals surface area (Å²) in [5.74, 6) is 0.453. The van der Waals surface area contributed by atoms with Crippen LogP contribution in [0.3, 0.4) is 0 Å². The first kappa shape index (κ1) is 22.2. The van der Waals surface area contributed by atoms with Crippen molar-refractivity contribution in [1.29, 1.82) is 0 Å². The number of aromatic nitrogens is 2. The highest BCUT2D eigenvalue weighted by Gasteiger charge is 2.24. The molecule has 35 heavy (non-hydrogen) atoms. The number of nitrogens with one attached hydrogen (secondary N) is 5. The van der Waals surface area contributed by atoms with Crippen LogP contribution in [0.5, 0.6) is 0 Å². The number of hydrogen-bond donors (Lipinski definition) is 5. The molecule has 0 bridgehead atoms. The molecule has 0 spiro atoms. The Kier molecular flexibility index (Phi) is 5.95. The minimum atomic E-state index is -0.379. The number of benzene rings is 3. The molecule has 9 heteroatoms. The smallest absolute Gasteiger partial charge is 0.323 e. The van der Waals surface area contributed by atoms with Crippen molar-refractivity contribution < 1.29 is 9.59 Å². The highest BCUT2D eigenvalue weighted by molar-refractivity contribution is 6.35. The topological polar surface area (TPSA) is 111 Å². The van der Waals surface area contributed by atoms with Crippen LogP contribution in [0.25, 0.3) is 11.6 Å². The van der Waals surface area contributed by atoms with Crippen molar-refractivity contribution in [2.75, 3.05) is 21.3 Å². The van der Waals surface area contributed by atoms with Gasteiger partial charge in [-0.15, -0.1) is 0 Å². The van der Waals surface area contributed by atoms with Gasteiger partial charge in [0.15, 0.2) is 0 Å². The lowest BCUT2D eigenvalue weighted by Crippen LogP contribution is -2.19. The molecule has 0 unspecified atom stereocenters. The Morgan fingerprint density at radius 3 is 2.40 bits per heavy atom. The van der Waals surface area contributed by atoms with Crippen LogP contribution in [-0.4, -0.2) is 21.9 Å². The number of halogens is 1. The zero-order valence-electron chi connectivity index (χ0n) is 18.6. The van der Waals surface area contributed by atoms with Gasteiger partial charge in [-0.3, -0.25) is 4.79 Å². The van der Waals surface area contributed by atoms with Crippen molar-refractivity contribution >= 4 is 63.6 Å². The second kappa shape index (κ2) is 9.36. The van der Waals surface area contributed by atoms with E-state index in [1.165, 1.54) is 0 Å². The van der Waals surface area contributed by atoms with Crippen molar-refractivity contribution in [2.45, 2.75) is 6.92 Å². The molecule has 8 nitrogen and oxygen atoms in total. The summed E-state index contributed by atoms with van der Waals surface area (Å²) in [6.07, 6.45) is 3.53. The first-order chi connectivity index (χ1) is 16.9. The van der Waals surface area contributed by atoms with Crippen LogP contribution in [0.15, 0.2) is 72.9 Å². The van der Waals surface area contributed by atoms with E-state index in [4.69, 9.17) is 11.6 Å². The maximum Gasteiger partial charge on any atom is 0.323 e. The van der Waals surface area contributed by atoms with E-state index in [0.717, 1.165) is 22.6 Å². The summed E-state index contributed by atoms with van der Waals surface area (Å²) in [7, 11) is 0. The number of aryl methyl sites for hydroxylation is 1. The molecule has 2 heterocycles. The van der Waals surface area contributed by atoms with Crippen molar-refractivity contribution in [3.63, 3.8) is 0 Å². The summed E-state index contributed by atoms with van der Waals surface area (Å²) in [5, 5.41) is 12.3. The number of anilines is 5. The average Bonchev–Trinajstić information content (AvgIpc) is 3.36. The van der Waals surface area contributed by atoms with Gasteiger partial charge in [0.1, 0.15) is 5.82 Å². The van der Waals surface area contributed by atoms with Gasteiger partial charge in [0, 0.05) is 39.5 Å². The van der Waals surface area contributed by atoms with Gasteiger partial charge in [-0.05, 0) is 61.5 Å². The fourth-order valence-electron chi connectivity index (χ4n) is 3.76. The standard InChI is InChI=1S/C26H21ClN6O2/c1-15-14-28-24(29-15)13-22-21-9-8-20(12-23(21)33-25(22)34)30-18-6-3-7-19(11-18)32-26(35)31-17-5-2-4-16(27)10-17/h2-14,30H,1H3,(H,28,29)(H,33,34)(H2,31,32,35)/b22-13-. The molecule has 5 rings (SSSR count). The molecule has 1 aliphatic rings. The molecule has 0 saturated carbocycles. The number of fused-ring (bicyclic) bond motifs is 1. The van der Waals surface area contributed by atoms with Gasteiger partial charge in [-0.25, -0.2) is 9.78 Å². The number of H-pyrrole nitrogens is 1. The quantitative estimate of drug-likeness (QED) is 0.215. The number of nitrogens with zero attached hydrogens (tertiary/aromatic N) is 1. The molecule has 0 radical (unpaired) electrons. The van der Waals surface area contributed by atoms with Crippen molar-refractivity contribution in [3.05, 3.63) is 95.0 Å². The van der Waals surface area contributed by atoms with Gasteiger partial charge in [0.2, 0.25) is 0 Å². The third-order valence-corrected chi connectivity index (χ3v) is 5.54. The van der Waals surface area contributed by atoms with Gasteiger partial charge in [-0.2, -0.15) is 0 Å². The molecule has 3 aromatic carbocycles. The third kappa shape index (κ3) is 5.18. The molecular weight excluding hydrogens is 464 g/mol. The molecule has 1 aromatic heterocycles. The lowest BCUT2D eigenvalue weighted by atomic mass is 10.1. The Morgan fingerprint density at radius 1 is 0.943 bits per heavy atom. The summed E-state index contributed by atoms with van der Waals surface area (Å²) >= 11 is 5.96. The number of amides is 3. The summed E-state index contributed by atoms with van der Waals surface area (Å²) in [5.41, 5.74) is 5.71. The lowest BCUT2D eigenvalue weighted by molar-refractivity contribution is -0.110. The zero-order valence-corrected chi connectivity index (χ0v) is 19.4. The molecular formula is C26H21ClN6O2. The van der Waals surface area contributed by atoms with E-state index >= 15 is 0 Å². The van der Waals surface area contributed by atoms with Crippen molar-refractivity contribution in [1.82, 2.24) is 9.97 Å². The molecule has 5 N–H and O–H groups in total. The first-order valence-electron chi connectivity index (χ1n) is 10.8. The lowest BCUT2D eigenvalue weighted by Gasteiger charge is -2.11. The molecule has 0 atom stereocenters. The van der Waals surface area contributed by atoms with E-state index in [0.29, 0.717) is 33.5 Å². The summed E-state index contributed by atoms with van der Waals surface area (Å²) in [6.45, 7) is 1.88. The first-order valence-corrected chi connectivity index (χ1v) is 11.2. The summed E-state index contributed by atoms with van der Waals surface area (Å²) in [4.78, 5) is 32.2. The molecule has 0 fully saturated rings. The van der Waals surface area contributed by atoms with Crippen LogP contribution < -0.4 is 21.3 Å². The fourth-order valence-corrected chi connectivity index (χ4v) is 3.95. The number of urea groups is 1. The van der Waals surface area contributed by atoms with Crippen LogP contribution in [0, 0.1) is 6.92 Å². The Balaban J connectivity index is 1.28. The summed E-state index contributed by atoms with van der Waals surface area (Å²) in [6, 6.07) is 19.5. The predicted molar refractivity (Wildman–Crippen MR) is 140 cm³/mol. The number of aromatic amines is 1. The van der Waals surface area contributed by atoms with Gasteiger partial charge >= 0.3 is 6.03 Å². The molecule has 4 aromatic rings. The van der Waals surface area contributed by atoms with E-state index in [-0.39, 0.29) is 11.9 Å². The van der Waals surface area contributed by atoms with E-state index in [1.54, 1.807) is 42.6 Å².